The Kier molecular flexibility index (Phi) is 4.91. The molecule has 1 heterocycles. The number of morpholine rings is 1. The minimum atomic E-state index is 0.0351. The first-order valence-electron chi connectivity index (χ1n) is 7.42. The molecule has 2 aromatic carbocycles. The Hall–Kier alpha value is -1.35. The third kappa shape index (κ3) is 3.85. The highest BCUT2D eigenvalue weighted by Crippen LogP contribution is 2.25. The van der Waals surface area contributed by atoms with Gasteiger partial charge in [-0.1, -0.05) is 54.6 Å². The summed E-state index contributed by atoms with van der Waals surface area (Å²) in [7, 11) is 0. The molecule has 0 aromatic heterocycles. The van der Waals surface area contributed by atoms with Gasteiger partial charge >= 0.3 is 0 Å². The summed E-state index contributed by atoms with van der Waals surface area (Å²) in [5.41, 5.74) is 3.65. The molecule has 2 aromatic rings. The molecule has 1 atom stereocenters. The maximum atomic E-state index is 6.56. The van der Waals surface area contributed by atoms with Crippen molar-refractivity contribution < 1.29 is 4.74 Å². The largest absolute Gasteiger partial charge is 0.379 e. The summed E-state index contributed by atoms with van der Waals surface area (Å²) in [6.07, 6.45) is 0. The number of halogens is 1. The van der Waals surface area contributed by atoms with Crippen LogP contribution in [-0.2, 0) is 4.74 Å². The Bertz CT molecular complexity index is 549. The summed E-state index contributed by atoms with van der Waals surface area (Å²) in [6.45, 7) is 4.47. The number of nitrogens with zero attached hydrogens (tertiary/aromatic N) is 1. The summed E-state index contributed by atoms with van der Waals surface area (Å²) >= 11 is 6.56. The minimum absolute atomic E-state index is 0.0351. The molecule has 3 heteroatoms. The normalized spacial score (nSPS) is 17.6. The van der Waals surface area contributed by atoms with Crippen molar-refractivity contribution in [1.29, 1.82) is 0 Å². The van der Waals surface area contributed by atoms with Crippen LogP contribution >= 0.6 is 11.6 Å². The lowest BCUT2D eigenvalue weighted by Crippen LogP contribution is -2.38. The van der Waals surface area contributed by atoms with Gasteiger partial charge in [-0.3, -0.25) is 4.90 Å². The van der Waals surface area contributed by atoms with E-state index in [9.17, 15) is 0 Å². The zero-order valence-corrected chi connectivity index (χ0v) is 12.8. The summed E-state index contributed by atoms with van der Waals surface area (Å²) in [5, 5.41) is 0.0351. The summed E-state index contributed by atoms with van der Waals surface area (Å²) in [5.74, 6) is 0. The fraction of sp³-hybridized carbons (Fsp3) is 0.333. The first kappa shape index (κ1) is 14.6. The number of benzene rings is 2. The van der Waals surface area contributed by atoms with E-state index in [0.717, 1.165) is 32.8 Å². The van der Waals surface area contributed by atoms with Crippen molar-refractivity contribution in [1.82, 2.24) is 4.90 Å². The van der Waals surface area contributed by atoms with Crippen molar-refractivity contribution in [3.05, 3.63) is 60.2 Å². The molecule has 1 saturated heterocycles. The second kappa shape index (κ2) is 7.08. The van der Waals surface area contributed by atoms with E-state index in [1.807, 2.05) is 6.07 Å². The Morgan fingerprint density at radius 3 is 2.19 bits per heavy atom. The average molecular weight is 302 g/mol. The molecule has 1 aliphatic rings. The van der Waals surface area contributed by atoms with Gasteiger partial charge in [0.2, 0.25) is 0 Å². The van der Waals surface area contributed by atoms with Crippen molar-refractivity contribution in [3.63, 3.8) is 0 Å². The molecule has 3 rings (SSSR count). The predicted molar refractivity (Wildman–Crippen MR) is 87.7 cm³/mol. The topological polar surface area (TPSA) is 12.5 Å². The van der Waals surface area contributed by atoms with Gasteiger partial charge < -0.3 is 4.74 Å². The standard InChI is InChI=1S/C18H20ClNO/c19-18(14-20-10-12-21-13-11-20)17-8-6-16(7-9-17)15-4-2-1-3-5-15/h1-9,18H,10-14H2. The van der Waals surface area contributed by atoms with Crippen LogP contribution in [0.25, 0.3) is 11.1 Å². The number of hydrogen-bond acceptors (Lipinski definition) is 2. The lowest BCUT2D eigenvalue weighted by atomic mass is 10.0. The van der Waals surface area contributed by atoms with E-state index < -0.39 is 0 Å². The predicted octanol–water partition coefficient (Wildman–Crippen LogP) is 3.97. The zero-order valence-electron chi connectivity index (χ0n) is 12.0. The van der Waals surface area contributed by atoms with Crippen LogP contribution in [0.15, 0.2) is 54.6 Å². The summed E-state index contributed by atoms with van der Waals surface area (Å²) in [6, 6.07) is 19.0. The molecule has 0 amide bonds. The van der Waals surface area contributed by atoms with Crippen molar-refractivity contribution in [2.75, 3.05) is 32.8 Å². The minimum Gasteiger partial charge on any atom is -0.379 e. The van der Waals surface area contributed by atoms with Gasteiger partial charge in [-0.05, 0) is 16.7 Å². The smallest absolute Gasteiger partial charge is 0.0712 e. The van der Waals surface area contributed by atoms with Gasteiger partial charge in [-0.25, -0.2) is 0 Å². The second-order valence-corrected chi connectivity index (χ2v) is 5.90. The van der Waals surface area contributed by atoms with Gasteiger partial charge in [-0.2, -0.15) is 0 Å². The SMILES string of the molecule is ClC(CN1CCOCC1)c1ccc(-c2ccccc2)cc1. The molecule has 0 saturated carbocycles. The maximum Gasteiger partial charge on any atom is 0.0712 e. The third-order valence-corrected chi connectivity index (χ3v) is 4.29. The Morgan fingerprint density at radius 1 is 0.905 bits per heavy atom. The van der Waals surface area contributed by atoms with E-state index in [4.69, 9.17) is 16.3 Å². The molecule has 0 N–H and O–H groups in total. The maximum absolute atomic E-state index is 6.56. The van der Waals surface area contributed by atoms with Gasteiger partial charge in [-0.15, -0.1) is 11.6 Å². The van der Waals surface area contributed by atoms with Gasteiger partial charge in [0.15, 0.2) is 0 Å². The fourth-order valence-corrected chi connectivity index (χ4v) is 2.97. The lowest BCUT2D eigenvalue weighted by molar-refractivity contribution is 0.0379. The molecule has 0 spiro atoms. The van der Waals surface area contributed by atoms with Crippen LogP contribution in [0.1, 0.15) is 10.9 Å². The van der Waals surface area contributed by atoms with Gasteiger partial charge in [0, 0.05) is 19.6 Å². The number of alkyl halides is 1. The molecule has 0 radical (unpaired) electrons. The van der Waals surface area contributed by atoms with Gasteiger partial charge in [0.1, 0.15) is 0 Å². The van der Waals surface area contributed by atoms with E-state index in [0.29, 0.717) is 0 Å². The monoisotopic (exact) mass is 301 g/mol. The molecule has 1 unspecified atom stereocenters. The van der Waals surface area contributed by atoms with Crippen LogP contribution in [0.3, 0.4) is 0 Å². The van der Waals surface area contributed by atoms with E-state index in [-0.39, 0.29) is 5.38 Å². The Balaban J connectivity index is 1.66. The van der Waals surface area contributed by atoms with Crippen LogP contribution < -0.4 is 0 Å². The third-order valence-electron chi connectivity index (χ3n) is 3.90. The van der Waals surface area contributed by atoms with Gasteiger partial charge in [0.05, 0.1) is 18.6 Å². The van der Waals surface area contributed by atoms with E-state index >= 15 is 0 Å². The molecule has 21 heavy (non-hydrogen) atoms. The molecular formula is C18H20ClNO. The van der Waals surface area contributed by atoms with Crippen LogP contribution in [0.5, 0.6) is 0 Å². The second-order valence-electron chi connectivity index (χ2n) is 5.37. The van der Waals surface area contributed by atoms with Crippen molar-refractivity contribution >= 4 is 11.6 Å². The molecule has 0 aliphatic carbocycles. The summed E-state index contributed by atoms with van der Waals surface area (Å²) in [4.78, 5) is 2.37. The first-order valence-corrected chi connectivity index (χ1v) is 7.86. The van der Waals surface area contributed by atoms with Gasteiger partial charge in [0.25, 0.3) is 0 Å². The molecule has 1 aliphatic heterocycles. The summed E-state index contributed by atoms with van der Waals surface area (Å²) < 4.78 is 5.37. The molecule has 1 fully saturated rings. The first-order chi connectivity index (χ1) is 10.3. The van der Waals surface area contributed by atoms with E-state index in [1.54, 1.807) is 0 Å². The van der Waals surface area contributed by atoms with Crippen LogP contribution in [-0.4, -0.2) is 37.7 Å². The van der Waals surface area contributed by atoms with Crippen molar-refractivity contribution in [2.45, 2.75) is 5.38 Å². The molecular weight excluding hydrogens is 282 g/mol. The molecule has 110 valence electrons. The van der Waals surface area contributed by atoms with Crippen molar-refractivity contribution in [3.8, 4) is 11.1 Å². The lowest BCUT2D eigenvalue weighted by Gasteiger charge is -2.28. The Morgan fingerprint density at radius 2 is 1.52 bits per heavy atom. The fourth-order valence-electron chi connectivity index (χ4n) is 2.63. The van der Waals surface area contributed by atoms with Crippen molar-refractivity contribution in [2.24, 2.45) is 0 Å². The quantitative estimate of drug-likeness (QED) is 0.793. The van der Waals surface area contributed by atoms with Crippen LogP contribution in [0.2, 0.25) is 0 Å². The highest BCUT2D eigenvalue weighted by molar-refractivity contribution is 6.21. The van der Waals surface area contributed by atoms with E-state index in [1.165, 1.54) is 16.7 Å². The average Bonchev–Trinajstić information content (AvgIpc) is 2.57. The number of hydrogen-bond donors (Lipinski definition) is 0. The highest BCUT2D eigenvalue weighted by Gasteiger charge is 2.16. The van der Waals surface area contributed by atoms with Crippen LogP contribution in [0, 0.1) is 0 Å². The highest BCUT2D eigenvalue weighted by atomic mass is 35.5. The van der Waals surface area contributed by atoms with E-state index in [2.05, 4.69) is 53.4 Å². The van der Waals surface area contributed by atoms with Crippen LogP contribution in [0.4, 0.5) is 0 Å². The number of ether oxygens (including phenoxy) is 1. The Labute approximate surface area is 131 Å². The molecule has 0 bridgehead atoms. The molecule has 2 nitrogen and oxygen atoms in total. The number of rotatable bonds is 4. The zero-order chi connectivity index (χ0) is 14.5.